The molecular formula is C19H20N2O2. The van der Waals surface area contributed by atoms with Crippen molar-refractivity contribution >= 4 is 11.6 Å². The van der Waals surface area contributed by atoms with Crippen LogP contribution in [0.15, 0.2) is 48.5 Å². The molecule has 2 aromatic carbocycles. The first-order valence-electron chi connectivity index (χ1n) is 7.78. The Morgan fingerprint density at radius 3 is 2.57 bits per heavy atom. The minimum absolute atomic E-state index is 0.221. The molecule has 0 radical (unpaired) electrons. The maximum Gasteiger partial charge on any atom is 0.259 e. The summed E-state index contributed by atoms with van der Waals surface area (Å²) >= 11 is 0. The molecule has 0 saturated heterocycles. The van der Waals surface area contributed by atoms with Crippen molar-refractivity contribution in [2.45, 2.75) is 26.2 Å². The molecule has 0 unspecified atom stereocenters. The van der Waals surface area contributed by atoms with Crippen molar-refractivity contribution in [2.24, 2.45) is 0 Å². The predicted molar refractivity (Wildman–Crippen MR) is 90.6 cm³/mol. The van der Waals surface area contributed by atoms with E-state index in [9.17, 15) is 4.79 Å². The molecule has 23 heavy (non-hydrogen) atoms. The SMILES string of the molecule is CCCCCOc1ccccc1C(=O)Nc1ccc(C#N)cc1. The van der Waals surface area contributed by atoms with Crippen LogP contribution in [0.5, 0.6) is 5.75 Å². The Morgan fingerprint density at radius 1 is 1.13 bits per heavy atom. The van der Waals surface area contributed by atoms with Gasteiger partial charge in [-0.3, -0.25) is 4.79 Å². The monoisotopic (exact) mass is 308 g/mol. The smallest absolute Gasteiger partial charge is 0.259 e. The number of unbranched alkanes of at least 4 members (excludes halogenated alkanes) is 2. The van der Waals surface area contributed by atoms with E-state index in [4.69, 9.17) is 10.00 Å². The normalized spacial score (nSPS) is 9.91. The molecule has 4 heteroatoms. The third kappa shape index (κ3) is 4.86. The van der Waals surface area contributed by atoms with Gasteiger partial charge >= 0.3 is 0 Å². The van der Waals surface area contributed by atoms with Crippen LogP contribution in [0.25, 0.3) is 0 Å². The summed E-state index contributed by atoms with van der Waals surface area (Å²) in [7, 11) is 0. The van der Waals surface area contributed by atoms with Gasteiger partial charge in [0.2, 0.25) is 0 Å². The zero-order valence-electron chi connectivity index (χ0n) is 13.2. The zero-order valence-corrected chi connectivity index (χ0v) is 13.2. The highest BCUT2D eigenvalue weighted by Crippen LogP contribution is 2.20. The fraction of sp³-hybridized carbons (Fsp3) is 0.263. The van der Waals surface area contributed by atoms with E-state index in [2.05, 4.69) is 12.2 Å². The lowest BCUT2D eigenvalue weighted by atomic mass is 10.1. The fourth-order valence-electron chi connectivity index (χ4n) is 2.14. The van der Waals surface area contributed by atoms with E-state index in [1.165, 1.54) is 0 Å². The molecule has 0 fully saturated rings. The molecule has 0 aliphatic rings. The van der Waals surface area contributed by atoms with Gasteiger partial charge in [-0.05, 0) is 42.8 Å². The molecule has 2 rings (SSSR count). The van der Waals surface area contributed by atoms with Gasteiger partial charge in [-0.25, -0.2) is 0 Å². The summed E-state index contributed by atoms with van der Waals surface area (Å²) in [5, 5.41) is 11.6. The number of hydrogen-bond donors (Lipinski definition) is 1. The van der Waals surface area contributed by atoms with Crippen molar-refractivity contribution in [1.29, 1.82) is 5.26 Å². The number of amides is 1. The second-order valence-corrected chi connectivity index (χ2v) is 5.20. The zero-order chi connectivity index (χ0) is 16.5. The number of hydrogen-bond acceptors (Lipinski definition) is 3. The van der Waals surface area contributed by atoms with Crippen molar-refractivity contribution in [1.82, 2.24) is 0 Å². The molecule has 1 N–H and O–H groups in total. The number of carbonyl (C=O) groups is 1. The highest BCUT2D eigenvalue weighted by Gasteiger charge is 2.12. The second-order valence-electron chi connectivity index (χ2n) is 5.20. The average molecular weight is 308 g/mol. The van der Waals surface area contributed by atoms with Gasteiger partial charge in [0.05, 0.1) is 23.8 Å². The van der Waals surface area contributed by atoms with Crippen molar-refractivity contribution in [3.8, 4) is 11.8 Å². The van der Waals surface area contributed by atoms with Crippen LogP contribution < -0.4 is 10.1 Å². The molecule has 0 heterocycles. The van der Waals surface area contributed by atoms with Crippen LogP contribution in [0.4, 0.5) is 5.69 Å². The van der Waals surface area contributed by atoms with Gasteiger partial charge in [-0.15, -0.1) is 0 Å². The van der Waals surface area contributed by atoms with Gasteiger partial charge < -0.3 is 10.1 Å². The van der Waals surface area contributed by atoms with E-state index < -0.39 is 0 Å². The third-order valence-electron chi connectivity index (χ3n) is 3.41. The summed E-state index contributed by atoms with van der Waals surface area (Å²) in [6, 6.07) is 16.0. The minimum atomic E-state index is -0.221. The lowest BCUT2D eigenvalue weighted by Crippen LogP contribution is -2.14. The van der Waals surface area contributed by atoms with Crippen LogP contribution in [0.1, 0.15) is 42.1 Å². The Kier molecular flexibility index (Phi) is 6.19. The lowest BCUT2D eigenvalue weighted by molar-refractivity contribution is 0.102. The van der Waals surface area contributed by atoms with Crippen LogP contribution in [-0.4, -0.2) is 12.5 Å². The molecule has 0 bridgehead atoms. The maximum absolute atomic E-state index is 12.4. The van der Waals surface area contributed by atoms with Gasteiger partial charge in [0.15, 0.2) is 0 Å². The van der Waals surface area contributed by atoms with E-state index >= 15 is 0 Å². The molecule has 0 spiro atoms. The van der Waals surface area contributed by atoms with Crippen molar-refractivity contribution in [3.05, 3.63) is 59.7 Å². The summed E-state index contributed by atoms with van der Waals surface area (Å²) < 4.78 is 5.73. The van der Waals surface area contributed by atoms with Crippen LogP contribution in [0.2, 0.25) is 0 Å². The topological polar surface area (TPSA) is 62.1 Å². The van der Waals surface area contributed by atoms with Crippen molar-refractivity contribution < 1.29 is 9.53 Å². The van der Waals surface area contributed by atoms with E-state index in [0.29, 0.717) is 29.2 Å². The molecule has 0 aromatic heterocycles. The summed E-state index contributed by atoms with van der Waals surface area (Å²) in [6.07, 6.45) is 3.21. The van der Waals surface area contributed by atoms with Crippen LogP contribution in [-0.2, 0) is 0 Å². The Balaban J connectivity index is 2.04. The highest BCUT2D eigenvalue weighted by molar-refractivity contribution is 6.06. The molecular weight excluding hydrogens is 288 g/mol. The fourth-order valence-corrected chi connectivity index (χ4v) is 2.14. The van der Waals surface area contributed by atoms with Gasteiger partial charge in [0, 0.05) is 5.69 Å². The number of nitrogens with one attached hydrogen (secondary N) is 1. The van der Waals surface area contributed by atoms with E-state index in [1.807, 2.05) is 18.2 Å². The standard InChI is InChI=1S/C19H20N2O2/c1-2-3-6-13-23-18-8-5-4-7-17(18)19(22)21-16-11-9-15(14-20)10-12-16/h4-5,7-12H,2-3,6,13H2,1H3,(H,21,22). The highest BCUT2D eigenvalue weighted by atomic mass is 16.5. The molecule has 1 amide bonds. The van der Waals surface area contributed by atoms with Gasteiger partial charge in [-0.1, -0.05) is 31.9 Å². The quantitative estimate of drug-likeness (QED) is 0.772. The Morgan fingerprint density at radius 2 is 1.87 bits per heavy atom. The van der Waals surface area contributed by atoms with Crippen molar-refractivity contribution in [3.63, 3.8) is 0 Å². The molecule has 2 aromatic rings. The van der Waals surface area contributed by atoms with Crippen molar-refractivity contribution in [2.75, 3.05) is 11.9 Å². The molecule has 118 valence electrons. The molecule has 4 nitrogen and oxygen atoms in total. The number of ether oxygens (including phenoxy) is 1. The maximum atomic E-state index is 12.4. The predicted octanol–water partition coefficient (Wildman–Crippen LogP) is 4.38. The molecule has 0 atom stereocenters. The number of benzene rings is 2. The van der Waals surface area contributed by atoms with E-state index in [0.717, 1.165) is 19.3 Å². The van der Waals surface area contributed by atoms with Gasteiger partial charge in [0.1, 0.15) is 5.75 Å². The summed E-state index contributed by atoms with van der Waals surface area (Å²) in [5.41, 5.74) is 1.71. The number of nitrogens with zero attached hydrogens (tertiary/aromatic N) is 1. The van der Waals surface area contributed by atoms with E-state index in [1.54, 1.807) is 36.4 Å². The second kappa shape index (κ2) is 8.60. The number of anilines is 1. The number of nitriles is 1. The van der Waals surface area contributed by atoms with Gasteiger partial charge in [0.25, 0.3) is 5.91 Å². The number of carbonyl (C=O) groups excluding carboxylic acids is 1. The first kappa shape index (κ1) is 16.6. The van der Waals surface area contributed by atoms with E-state index in [-0.39, 0.29) is 5.91 Å². The molecule has 0 aliphatic carbocycles. The molecule has 0 aliphatic heterocycles. The Hall–Kier alpha value is -2.80. The van der Waals surface area contributed by atoms with Crippen LogP contribution in [0, 0.1) is 11.3 Å². The number of para-hydroxylation sites is 1. The summed E-state index contributed by atoms with van der Waals surface area (Å²) in [6.45, 7) is 2.74. The largest absolute Gasteiger partial charge is 0.493 e. The van der Waals surface area contributed by atoms with Crippen LogP contribution in [0.3, 0.4) is 0 Å². The lowest BCUT2D eigenvalue weighted by Gasteiger charge is -2.11. The van der Waals surface area contributed by atoms with Crippen LogP contribution >= 0.6 is 0 Å². The summed E-state index contributed by atoms with van der Waals surface area (Å²) in [5.74, 6) is 0.371. The Labute approximate surface area is 136 Å². The third-order valence-corrected chi connectivity index (χ3v) is 3.41. The Bertz CT molecular complexity index is 687. The molecule has 0 saturated carbocycles. The number of rotatable bonds is 7. The first-order valence-corrected chi connectivity index (χ1v) is 7.78. The first-order chi connectivity index (χ1) is 11.2. The van der Waals surface area contributed by atoms with Gasteiger partial charge in [-0.2, -0.15) is 5.26 Å². The minimum Gasteiger partial charge on any atom is -0.493 e. The summed E-state index contributed by atoms with van der Waals surface area (Å²) in [4.78, 5) is 12.4. The average Bonchev–Trinajstić information content (AvgIpc) is 2.59.